The molecule has 2 rings (SSSR count). The largest absolute Gasteiger partial charge is 0.324 e. The lowest BCUT2D eigenvalue weighted by Crippen LogP contribution is -2.28. The Balaban J connectivity index is 2.50. The topological polar surface area (TPSA) is 42.0 Å². The third kappa shape index (κ3) is 2.35. The summed E-state index contributed by atoms with van der Waals surface area (Å²) in [4.78, 5) is 16.4. The van der Waals surface area contributed by atoms with Crippen molar-refractivity contribution in [3.63, 3.8) is 0 Å². The van der Waals surface area contributed by atoms with E-state index < -0.39 is 5.41 Å². The summed E-state index contributed by atoms with van der Waals surface area (Å²) in [5, 5.41) is 5.06. The molecule has 0 aliphatic carbocycles. The Hall–Kier alpha value is -1.90. The van der Waals surface area contributed by atoms with E-state index in [1.54, 1.807) is 0 Å². The molecule has 0 fully saturated rings. The molecular formula is C15H18N2O. The summed E-state index contributed by atoms with van der Waals surface area (Å²) < 4.78 is 0. The molecule has 0 spiro atoms. The van der Waals surface area contributed by atoms with E-state index in [9.17, 15) is 4.79 Å². The molecule has 2 aromatic rings. The van der Waals surface area contributed by atoms with Gasteiger partial charge >= 0.3 is 0 Å². The van der Waals surface area contributed by atoms with Gasteiger partial charge in [-0.25, -0.2) is 0 Å². The van der Waals surface area contributed by atoms with Crippen molar-refractivity contribution < 1.29 is 4.79 Å². The highest BCUT2D eigenvalue weighted by Crippen LogP contribution is 2.27. The van der Waals surface area contributed by atoms with E-state index in [4.69, 9.17) is 0 Å². The maximum absolute atomic E-state index is 12.1. The number of amides is 1. The van der Waals surface area contributed by atoms with Crippen LogP contribution in [0.5, 0.6) is 0 Å². The van der Waals surface area contributed by atoms with Crippen LogP contribution in [-0.4, -0.2) is 10.9 Å². The highest BCUT2D eigenvalue weighted by Gasteiger charge is 2.22. The van der Waals surface area contributed by atoms with Crippen LogP contribution >= 0.6 is 0 Å². The predicted molar refractivity (Wildman–Crippen MR) is 74.6 cm³/mol. The van der Waals surface area contributed by atoms with Gasteiger partial charge in [0.2, 0.25) is 5.91 Å². The number of benzene rings is 1. The minimum Gasteiger partial charge on any atom is -0.324 e. The van der Waals surface area contributed by atoms with E-state index in [0.717, 1.165) is 22.2 Å². The number of pyridine rings is 1. The van der Waals surface area contributed by atoms with Gasteiger partial charge in [0, 0.05) is 22.4 Å². The van der Waals surface area contributed by atoms with E-state index in [0.29, 0.717) is 0 Å². The van der Waals surface area contributed by atoms with Gasteiger partial charge in [-0.15, -0.1) is 0 Å². The fraction of sp³-hybridized carbons (Fsp3) is 0.333. The SMILES string of the molecule is Cc1ncc2ccccc2c1NC(=O)C(C)(C)C. The molecule has 18 heavy (non-hydrogen) atoms. The minimum absolute atomic E-state index is 0.00348. The van der Waals surface area contributed by atoms with Crippen LogP contribution in [0.25, 0.3) is 10.8 Å². The highest BCUT2D eigenvalue weighted by atomic mass is 16.2. The number of carbonyl (C=O) groups excluding carboxylic acids is 1. The number of anilines is 1. The Kier molecular flexibility index (Phi) is 3.07. The van der Waals surface area contributed by atoms with Crippen LogP contribution in [-0.2, 0) is 4.79 Å². The fourth-order valence-corrected chi connectivity index (χ4v) is 1.72. The molecule has 0 saturated carbocycles. The van der Waals surface area contributed by atoms with Gasteiger partial charge in [-0.05, 0) is 6.92 Å². The Labute approximate surface area is 107 Å². The number of aromatic nitrogens is 1. The summed E-state index contributed by atoms with van der Waals surface area (Å²) in [7, 11) is 0. The quantitative estimate of drug-likeness (QED) is 0.831. The normalized spacial score (nSPS) is 11.6. The molecule has 0 radical (unpaired) electrons. The molecule has 0 saturated heterocycles. The maximum Gasteiger partial charge on any atom is 0.229 e. The number of nitrogens with one attached hydrogen (secondary N) is 1. The van der Waals surface area contributed by atoms with Crippen LogP contribution in [0, 0.1) is 12.3 Å². The van der Waals surface area contributed by atoms with E-state index in [1.165, 1.54) is 0 Å². The average Bonchev–Trinajstić information content (AvgIpc) is 2.31. The van der Waals surface area contributed by atoms with Gasteiger partial charge in [-0.3, -0.25) is 9.78 Å². The number of hydrogen-bond acceptors (Lipinski definition) is 2. The lowest BCUT2D eigenvalue weighted by atomic mass is 9.95. The molecular weight excluding hydrogens is 224 g/mol. The highest BCUT2D eigenvalue weighted by molar-refractivity contribution is 6.04. The monoisotopic (exact) mass is 242 g/mol. The van der Waals surface area contributed by atoms with Crippen molar-refractivity contribution in [3.8, 4) is 0 Å². The van der Waals surface area contributed by atoms with Gasteiger partial charge in [-0.1, -0.05) is 45.0 Å². The van der Waals surface area contributed by atoms with Gasteiger partial charge in [0.05, 0.1) is 11.4 Å². The molecule has 1 heterocycles. The molecule has 1 N–H and O–H groups in total. The van der Waals surface area contributed by atoms with Crippen molar-refractivity contribution in [3.05, 3.63) is 36.2 Å². The Morgan fingerprint density at radius 1 is 1.22 bits per heavy atom. The number of rotatable bonds is 1. The molecule has 3 nitrogen and oxygen atoms in total. The van der Waals surface area contributed by atoms with E-state index in [-0.39, 0.29) is 5.91 Å². The van der Waals surface area contributed by atoms with E-state index in [2.05, 4.69) is 10.3 Å². The van der Waals surface area contributed by atoms with Gasteiger partial charge in [-0.2, -0.15) is 0 Å². The summed E-state index contributed by atoms with van der Waals surface area (Å²) in [6, 6.07) is 7.93. The average molecular weight is 242 g/mol. The van der Waals surface area contributed by atoms with Gasteiger partial charge in [0.15, 0.2) is 0 Å². The Morgan fingerprint density at radius 3 is 2.56 bits per heavy atom. The van der Waals surface area contributed by atoms with Crippen LogP contribution in [0.3, 0.4) is 0 Å². The molecule has 0 aliphatic heterocycles. The van der Waals surface area contributed by atoms with Crippen molar-refractivity contribution in [2.45, 2.75) is 27.7 Å². The zero-order chi connectivity index (χ0) is 13.3. The molecule has 94 valence electrons. The predicted octanol–water partition coefficient (Wildman–Crippen LogP) is 3.53. The fourth-order valence-electron chi connectivity index (χ4n) is 1.72. The second-order valence-corrected chi connectivity index (χ2v) is 5.51. The summed E-state index contributed by atoms with van der Waals surface area (Å²) in [6.45, 7) is 7.60. The first-order chi connectivity index (χ1) is 8.39. The van der Waals surface area contributed by atoms with Crippen molar-refractivity contribution in [1.82, 2.24) is 4.98 Å². The number of nitrogens with zero attached hydrogens (tertiary/aromatic N) is 1. The smallest absolute Gasteiger partial charge is 0.229 e. The van der Waals surface area contributed by atoms with Crippen LogP contribution in [0.2, 0.25) is 0 Å². The van der Waals surface area contributed by atoms with Gasteiger partial charge in [0.25, 0.3) is 0 Å². The molecule has 1 aromatic heterocycles. The summed E-state index contributed by atoms with van der Waals surface area (Å²) in [6.07, 6.45) is 1.83. The van der Waals surface area contributed by atoms with Crippen molar-refractivity contribution in [2.75, 3.05) is 5.32 Å². The first-order valence-corrected chi connectivity index (χ1v) is 6.05. The van der Waals surface area contributed by atoms with Gasteiger partial charge < -0.3 is 5.32 Å². The second kappa shape index (κ2) is 4.41. The second-order valence-electron chi connectivity index (χ2n) is 5.51. The zero-order valence-corrected chi connectivity index (χ0v) is 11.2. The lowest BCUT2D eigenvalue weighted by molar-refractivity contribution is -0.123. The van der Waals surface area contributed by atoms with Crippen molar-refractivity contribution in [2.24, 2.45) is 5.41 Å². The van der Waals surface area contributed by atoms with Crippen LogP contribution in [0.15, 0.2) is 30.5 Å². The first kappa shape index (κ1) is 12.6. The molecule has 0 atom stereocenters. The van der Waals surface area contributed by atoms with Gasteiger partial charge in [0.1, 0.15) is 0 Å². The zero-order valence-electron chi connectivity index (χ0n) is 11.2. The lowest BCUT2D eigenvalue weighted by Gasteiger charge is -2.19. The standard InChI is InChI=1S/C15H18N2O/c1-10-13(17-14(18)15(2,3)4)12-8-6-5-7-11(12)9-16-10/h5-9H,1-4H3,(H,17,18). The summed E-state index contributed by atoms with van der Waals surface area (Å²) >= 11 is 0. The minimum atomic E-state index is -0.413. The molecule has 0 aliphatic rings. The number of hydrogen-bond donors (Lipinski definition) is 1. The van der Waals surface area contributed by atoms with E-state index in [1.807, 2.05) is 58.2 Å². The van der Waals surface area contributed by atoms with Crippen LogP contribution in [0.1, 0.15) is 26.5 Å². The molecule has 1 aromatic carbocycles. The van der Waals surface area contributed by atoms with Crippen molar-refractivity contribution in [1.29, 1.82) is 0 Å². The third-order valence-corrected chi connectivity index (χ3v) is 2.91. The van der Waals surface area contributed by atoms with Crippen LogP contribution < -0.4 is 5.32 Å². The maximum atomic E-state index is 12.1. The van der Waals surface area contributed by atoms with Crippen molar-refractivity contribution >= 4 is 22.4 Å². The number of carbonyl (C=O) groups is 1. The molecule has 1 amide bonds. The summed E-state index contributed by atoms with van der Waals surface area (Å²) in [5.41, 5.74) is 1.24. The Morgan fingerprint density at radius 2 is 1.89 bits per heavy atom. The Bertz CT molecular complexity index is 597. The van der Waals surface area contributed by atoms with Crippen LogP contribution in [0.4, 0.5) is 5.69 Å². The summed E-state index contributed by atoms with van der Waals surface area (Å²) in [5.74, 6) is 0.00348. The molecule has 3 heteroatoms. The number of aryl methyl sites for hydroxylation is 1. The number of fused-ring (bicyclic) bond motifs is 1. The molecule has 0 unspecified atom stereocenters. The first-order valence-electron chi connectivity index (χ1n) is 6.05. The molecule has 0 bridgehead atoms. The van der Waals surface area contributed by atoms with E-state index >= 15 is 0 Å². The third-order valence-electron chi connectivity index (χ3n) is 2.91.